The zero-order chi connectivity index (χ0) is 13.4. The van der Waals surface area contributed by atoms with Crippen LogP contribution in [0.3, 0.4) is 0 Å². The minimum Gasteiger partial charge on any atom is -0.390 e. The van der Waals surface area contributed by atoms with Crippen LogP contribution in [-0.4, -0.2) is 42.8 Å². The second-order valence-electron chi connectivity index (χ2n) is 6.41. The highest BCUT2D eigenvalue weighted by atomic mass is 32.2. The molecule has 106 valence electrons. The Labute approximate surface area is 110 Å². The third-order valence-corrected chi connectivity index (χ3v) is 5.72. The maximum Gasteiger partial charge on any atom is 0.211 e. The highest BCUT2D eigenvalue weighted by Gasteiger charge is 2.38. The average molecular weight is 275 g/mol. The molecule has 0 aromatic carbocycles. The van der Waals surface area contributed by atoms with E-state index in [9.17, 15) is 13.5 Å². The quantitative estimate of drug-likeness (QED) is 0.851. The molecule has 1 saturated carbocycles. The van der Waals surface area contributed by atoms with Crippen molar-refractivity contribution in [3.8, 4) is 0 Å². The number of sulfonamides is 1. The lowest BCUT2D eigenvalue weighted by Gasteiger charge is -2.35. The van der Waals surface area contributed by atoms with Crippen LogP contribution in [0.15, 0.2) is 0 Å². The lowest BCUT2D eigenvalue weighted by molar-refractivity contribution is 0.0112. The maximum atomic E-state index is 11.6. The highest BCUT2D eigenvalue weighted by Crippen LogP contribution is 2.40. The number of rotatable bonds is 3. The van der Waals surface area contributed by atoms with Gasteiger partial charge in [0.25, 0.3) is 0 Å². The fourth-order valence-electron chi connectivity index (χ4n) is 3.59. The molecule has 5 heteroatoms. The Hall–Kier alpha value is -0.130. The Morgan fingerprint density at radius 3 is 2.67 bits per heavy atom. The van der Waals surface area contributed by atoms with Gasteiger partial charge in [-0.05, 0) is 50.4 Å². The van der Waals surface area contributed by atoms with Gasteiger partial charge in [-0.15, -0.1) is 0 Å². The summed E-state index contributed by atoms with van der Waals surface area (Å²) in [6.45, 7) is 3.42. The van der Waals surface area contributed by atoms with E-state index in [4.69, 9.17) is 0 Å². The zero-order valence-corrected chi connectivity index (χ0v) is 12.2. The SMILES string of the molecule is CC1CCC(O)(CC2CCCN(S(C)(=O)=O)C2)C1. The van der Waals surface area contributed by atoms with E-state index in [1.54, 1.807) is 4.31 Å². The van der Waals surface area contributed by atoms with E-state index in [2.05, 4.69) is 6.92 Å². The van der Waals surface area contributed by atoms with E-state index < -0.39 is 15.6 Å². The van der Waals surface area contributed by atoms with Crippen molar-refractivity contribution in [3.05, 3.63) is 0 Å². The third kappa shape index (κ3) is 3.45. The molecular formula is C13H25NO3S. The molecule has 0 bridgehead atoms. The van der Waals surface area contributed by atoms with Crippen molar-refractivity contribution in [2.75, 3.05) is 19.3 Å². The molecular weight excluding hydrogens is 250 g/mol. The summed E-state index contributed by atoms with van der Waals surface area (Å²) in [7, 11) is -3.07. The predicted octanol–water partition coefficient (Wildman–Crippen LogP) is 1.60. The molecule has 0 amide bonds. The van der Waals surface area contributed by atoms with Crippen LogP contribution in [0.4, 0.5) is 0 Å². The molecule has 0 aromatic heterocycles. The monoisotopic (exact) mass is 275 g/mol. The van der Waals surface area contributed by atoms with Crippen molar-refractivity contribution >= 4 is 10.0 Å². The van der Waals surface area contributed by atoms with Gasteiger partial charge in [0.2, 0.25) is 10.0 Å². The van der Waals surface area contributed by atoms with Crippen LogP contribution >= 0.6 is 0 Å². The minimum absolute atomic E-state index is 0.323. The van der Waals surface area contributed by atoms with Crippen LogP contribution in [0, 0.1) is 11.8 Å². The molecule has 3 atom stereocenters. The highest BCUT2D eigenvalue weighted by molar-refractivity contribution is 7.88. The Morgan fingerprint density at radius 2 is 2.11 bits per heavy atom. The number of nitrogens with zero attached hydrogens (tertiary/aromatic N) is 1. The summed E-state index contributed by atoms with van der Waals surface area (Å²) in [5.41, 5.74) is -0.537. The molecule has 0 aromatic rings. The maximum absolute atomic E-state index is 11.6. The Bertz CT molecular complexity index is 395. The molecule has 1 N–H and O–H groups in total. The van der Waals surface area contributed by atoms with Crippen LogP contribution in [0.1, 0.15) is 45.4 Å². The van der Waals surface area contributed by atoms with Crippen molar-refractivity contribution in [1.29, 1.82) is 0 Å². The predicted molar refractivity (Wildman–Crippen MR) is 71.7 cm³/mol. The van der Waals surface area contributed by atoms with Gasteiger partial charge in [-0.25, -0.2) is 12.7 Å². The molecule has 2 aliphatic rings. The van der Waals surface area contributed by atoms with Crippen LogP contribution in [-0.2, 0) is 10.0 Å². The van der Waals surface area contributed by atoms with E-state index in [1.165, 1.54) is 6.26 Å². The van der Waals surface area contributed by atoms with Gasteiger partial charge in [0.05, 0.1) is 11.9 Å². The van der Waals surface area contributed by atoms with E-state index in [1.807, 2.05) is 0 Å². The van der Waals surface area contributed by atoms with Crippen molar-refractivity contribution in [1.82, 2.24) is 4.31 Å². The first-order chi connectivity index (χ1) is 8.28. The van der Waals surface area contributed by atoms with Gasteiger partial charge in [-0.3, -0.25) is 0 Å². The van der Waals surface area contributed by atoms with Crippen LogP contribution < -0.4 is 0 Å². The van der Waals surface area contributed by atoms with Gasteiger partial charge in [0.1, 0.15) is 0 Å². The van der Waals surface area contributed by atoms with E-state index >= 15 is 0 Å². The van der Waals surface area contributed by atoms with Crippen molar-refractivity contribution in [2.24, 2.45) is 11.8 Å². The van der Waals surface area contributed by atoms with Crippen LogP contribution in [0.2, 0.25) is 0 Å². The van der Waals surface area contributed by atoms with Crippen molar-refractivity contribution in [3.63, 3.8) is 0 Å². The lowest BCUT2D eigenvalue weighted by atomic mass is 9.84. The summed E-state index contributed by atoms with van der Waals surface area (Å²) in [4.78, 5) is 0. The van der Waals surface area contributed by atoms with Gasteiger partial charge in [0, 0.05) is 13.1 Å². The Balaban J connectivity index is 1.94. The van der Waals surface area contributed by atoms with Crippen LogP contribution in [0.5, 0.6) is 0 Å². The number of hydrogen-bond acceptors (Lipinski definition) is 3. The first kappa shape index (κ1) is 14.3. The molecule has 1 aliphatic carbocycles. The summed E-state index contributed by atoms with van der Waals surface area (Å²) < 4.78 is 24.7. The minimum atomic E-state index is -3.07. The number of aliphatic hydroxyl groups is 1. The molecule has 1 saturated heterocycles. The fraction of sp³-hybridized carbons (Fsp3) is 1.00. The summed E-state index contributed by atoms with van der Waals surface area (Å²) in [5, 5.41) is 10.5. The molecule has 18 heavy (non-hydrogen) atoms. The van der Waals surface area contributed by atoms with Gasteiger partial charge in [-0.2, -0.15) is 0 Å². The smallest absolute Gasteiger partial charge is 0.211 e. The Kier molecular flexibility index (Phi) is 4.04. The Morgan fingerprint density at radius 1 is 1.39 bits per heavy atom. The van der Waals surface area contributed by atoms with Gasteiger partial charge >= 0.3 is 0 Å². The van der Waals surface area contributed by atoms with Crippen molar-refractivity contribution < 1.29 is 13.5 Å². The fourth-order valence-corrected chi connectivity index (χ4v) is 4.53. The average Bonchev–Trinajstić information content (AvgIpc) is 2.57. The normalized spacial score (nSPS) is 39.1. The summed E-state index contributed by atoms with van der Waals surface area (Å²) >= 11 is 0. The first-order valence-electron chi connectivity index (χ1n) is 6.96. The molecule has 0 spiro atoms. The second-order valence-corrected chi connectivity index (χ2v) is 8.39. The third-order valence-electron chi connectivity index (χ3n) is 4.45. The molecule has 2 rings (SSSR count). The first-order valence-corrected chi connectivity index (χ1v) is 8.81. The lowest BCUT2D eigenvalue weighted by Crippen LogP contribution is -2.42. The summed E-state index contributed by atoms with van der Waals surface area (Å²) in [6.07, 6.45) is 6.86. The van der Waals surface area contributed by atoms with Gasteiger partial charge in [0.15, 0.2) is 0 Å². The molecule has 0 radical (unpaired) electrons. The molecule has 1 aliphatic heterocycles. The molecule has 4 nitrogen and oxygen atoms in total. The van der Waals surface area contributed by atoms with E-state index in [0.29, 0.717) is 24.9 Å². The molecule has 3 unspecified atom stereocenters. The van der Waals surface area contributed by atoms with Gasteiger partial charge < -0.3 is 5.11 Å². The molecule has 2 fully saturated rings. The number of piperidine rings is 1. The van der Waals surface area contributed by atoms with Crippen molar-refractivity contribution in [2.45, 2.75) is 51.0 Å². The largest absolute Gasteiger partial charge is 0.390 e. The summed E-state index contributed by atoms with van der Waals surface area (Å²) in [6, 6.07) is 0. The second kappa shape index (κ2) is 5.10. The van der Waals surface area contributed by atoms with Gasteiger partial charge in [-0.1, -0.05) is 6.92 Å². The zero-order valence-electron chi connectivity index (χ0n) is 11.4. The standard InChI is InChI=1S/C13H25NO3S/c1-11-5-6-13(15,8-11)9-12-4-3-7-14(10-12)18(2,16)17/h11-12,15H,3-10H2,1-2H3. The molecule has 1 heterocycles. The number of hydrogen-bond donors (Lipinski definition) is 1. The van der Waals surface area contributed by atoms with Crippen LogP contribution in [0.25, 0.3) is 0 Å². The topological polar surface area (TPSA) is 57.6 Å². The summed E-state index contributed by atoms with van der Waals surface area (Å²) in [5.74, 6) is 0.924. The van der Waals surface area contributed by atoms with E-state index in [0.717, 1.165) is 38.5 Å². The van der Waals surface area contributed by atoms with E-state index in [-0.39, 0.29) is 0 Å².